The van der Waals surface area contributed by atoms with Crippen LogP contribution in [-0.2, 0) is 17.8 Å². The van der Waals surface area contributed by atoms with E-state index in [2.05, 4.69) is 5.32 Å². The smallest absolute Gasteiger partial charge is 0.326 e. The van der Waals surface area contributed by atoms with Crippen LogP contribution in [0.2, 0.25) is 0 Å². The number of fused-ring (bicyclic) bond motifs is 1. The van der Waals surface area contributed by atoms with Gasteiger partial charge >= 0.3 is 12.0 Å². The first kappa shape index (κ1) is 15.4. The molecule has 0 spiro atoms. The van der Waals surface area contributed by atoms with Gasteiger partial charge in [0, 0.05) is 19.5 Å². The average molecular weight is 290 g/mol. The highest BCUT2D eigenvalue weighted by Crippen LogP contribution is 2.23. The summed E-state index contributed by atoms with van der Waals surface area (Å²) in [5.74, 6) is -0.963. The van der Waals surface area contributed by atoms with E-state index in [4.69, 9.17) is 0 Å². The van der Waals surface area contributed by atoms with Gasteiger partial charge in [-0.15, -0.1) is 0 Å². The zero-order chi connectivity index (χ0) is 15.6. The summed E-state index contributed by atoms with van der Waals surface area (Å²) in [7, 11) is 0. The Bertz CT molecular complexity index is 549. The van der Waals surface area contributed by atoms with Crippen molar-refractivity contribution in [1.29, 1.82) is 0 Å². The Kier molecular flexibility index (Phi) is 4.21. The number of benzene rings is 1. The van der Waals surface area contributed by atoms with Crippen LogP contribution < -0.4 is 5.32 Å². The van der Waals surface area contributed by atoms with Crippen molar-refractivity contribution in [3.05, 3.63) is 35.4 Å². The van der Waals surface area contributed by atoms with Gasteiger partial charge in [0.2, 0.25) is 0 Å². The quantitative estimate of drug-likeness (QED) is 0.877. The molecular weight excluding hydrogens is 268 g/mol. The number of carboxylic acid groups (broad SMARTS) is 1. The summed E-state index contributed by atoms with van der Waals surface area (Å²) in [5.41, 5.74) is 1.98. The van der Waals surface area contributed by atoms with Crippen molar-refractivity contribution in [3.63, 3.8) is 0 Å². The minimum atomic E-state index is -0.963. The second-order valence-corrected chi connectivity index (χ2v) is 6.67. The van der Waals surface area contributed by atoms with Crippen LogP contribution in [0.5, 0.6) is 0 Å². The van der Waals surface area contributed by atoms with Crippen LogP contribution >= 0.6 is 0 Å². The summed E-state index contributed by atoms with van der Waals surface area (Å²) >= 11 is 0. The van der Waals surface area contributed by atoms with E-state index in [1.54, 1.807) is 0 Å². The Morgan fingerprint density at radius 1 is 1.29 bits per heavy atom. The minimum Gasteiger partial charge on any atom is -0.480 e. The van der Waals surface area contributed by atoms with Crippen molar-refractivity contribution in [2.45, 2.75) is 39.8 Å². The van der Waals surface area contributed by atoms with Crippen LogP contribution in [0.3, 0.4) is 0 Å². The first-order valence-electron chi connectivity index (χ1n) is 7.12. The number of nitrogens with one attached hydrogen (secondary N) is 1. The number of nitrogens with zero attached hydrogens (tertiary/aromatic N) is 1. The lowest BCUT2D eigenvalue weighted by Crippen LogP contribution is -2.53. The molecule has 0 aliphatic carbocycles. The van der Waals surface area contributed by atoms with Crippen molar-refractivity contribution < 1.29 is 14.7 Å². The molecule has 2 rings (SSSR count). The second-order valence-electron chi connectivity index (χ2n) is 6.67. The van der Waals surface area contributed by atoms with Crippen molar-refractivity contribution in [1.82, 2.24) is 10.2 Å². The monoisotopic (exact) mass is 290 g/mol. The van der Waals surface area contributed by atoms with Crippen LogP contribution in [0.4, 0.5) is 4.79 Å². The average Bonchev–Trinajstić information content (AvgIpc) is 2.42. The summed E-state index contributed by atoms with van der Waals surface area (Å²) in [6, 6.07) is 6.55. The van der Waals surface area contributed by atoms with Crippen molar-refractivity contribution in [2.24, 2.45) is 5.41 Å². The fourth-order valence-electron chi connectivity index (χ4n) is 2.40. The molecule has 1 aromatic rings. The molecule has 0 aromatic heterocycles. The Hall–Kier alpha value is -2.04. The van der Waals surface area contributed by atoms with Gasteiger partial charge in [-0.25, -0.2) is 9.59 Å². The molecule has 2 amide bonds. The Morgan fingerprint density at radius 3 is 2.48 bits per heavy atom. The first-order valence-corrected chi connectivity index (χ1v) is 7.12. The highest BCUT2D eigenvalue weighted by Gasteiger charge is 2.34. The Labute approximate surface area is 125 Å². The number of urea groups is 1. The molecule has 114 valence electrons. The zero-order valence-corrected chi connectivity index (χ0v) is 12.7. The van der Waals surface area contributed by atoms with Gasteiger partial charge in [0.1, 0.15) is 6.04 Å². The van der Waals surface area contributed by atoms with Crippen LogP contribution in [0.1, 0.15) is 31.9 Å². The van der Waals surface area contributed by atoms with E-state index in [0.717, 1.165) is 11.1 Å². The van der Waals surface area contributed by atoms with Crippen molar-refractivity contribution in [2.75, 3.05) is 6.54 Å². The standard InChI is InChI=1S/C16H22N2O3/c1-16(2,3)10-17-15(21)18-9-12-7-5-4-6-11(12)8-13(18)14(19)20/h4-7,13H,8-10H2,1-3H3,(H,17,21)(H,19,20). The SMILES string of the molecule is CC(C)(C)CNC(=O)N1Cc2ccccc2CC1C(=O)O. The molecule has 0 bridgehead atoms. The maximum Gasteiger partial charge on any atom is 0.326 e. The molecule has 0 saturated carbocycles. The van der Waals surface area contributed by atoms with Crippen molar-refractivity contribution in [3.8, 4) is 0 Å². The molecular formula is C16H22N2O3. The van der Waals surface area contributed by atoms with Gasteiger partial charge in [-0.1, -0.05) is 45.0 Å². The molecule has 0 fully saturated rings. The predicted octanol–water partition coefficient (Wildman–Crippen LogP) is 2.25. The number of rotatable bonds is 2. The number of carbonyl (C=O) groups excluding carboxylic acids is 1. The topological polar surface area (TPSA) is 69.6 Å². The number of carboxylic acids is 1. The number of aliphatic carboxylic acids is 1. The number of amides is 2. The fourth-order valence-corrected chi connectivity index (χ4v) is 2.40. The van der Waals surface area contributed by atoms with Crippen molar-refractivity contribution >= 4 is 12.0 Å². The molecule has 21 heavy (non-hydrogen) atoms. The number of hydrogen-bond donors (Lipinski definition) is 2. The number of hydrogen-bond acceptors (Lipinski definition) is 2. The molecule has 0 saturated heterocycles. The zero-order valence-electron chi connectivity index (χ0n) is 12.7. The van der Waals surface area contributed by atoms with E-state index in [1.807, 2.05) is 45.0 Å². The van der Waals surface area contributed by atoms with Gasteiger partial charge < -0.3 is 15.3 Å². The van der Waals surface area contributed by atoms with E-state index in [0.29, 0.717) is 19.5 Å². The van der Waals surface area contributed by atoms with E-state index in [1.165, 1.54) is 4.90 Å². The summed E-state index contributed by atoms with van der Waals surface area (Å²) in [5, 5.41) is 12.2. The molecule has 1 aliphatic rings. The summed E-state index contributed by atoms with van der Waals surface area (Å²) < 4.78 is 0. The highest BCUT2D eigenvalue weighted by atomic mass is 16.4. The first-order chi connectivity index (χ1) is 9.78. The maximum absolute atomic E-state index is 12.3. The van der Waals surface area contributed by atoms with Crippen LogP contribution in [0.15, 0.2) is 24.3 Å². The molecule has 1 heterocycles. The highest BCUT2D eigenvalue weighted by molar-refractivity contribution is 5.83. The van der Waals surface area contributed by atoms with Gasteiger partial charge in [-0.3, -0.25) is 0 Å². The van der Waals surface area contributed by atoms with E-state index >= 15 is 0 Å². The summed E-state index contributed by atoms with van der Waals surface area (Å²) in [4.78, 5) is 25.2. The third-order valence-electron chi connectivity index (χ3n) is 3.56. The molecule has 1 aliphatic heterocycles. The second kappa shape index (κ2) is 5.76. The molecule has 5 heteroatoms. The van der Waals surface area contributed by atoms with Gasteiger partial charge in [-0.2, -0.15) is 0 Å². The van der Waals surface area contributed by atoms with Gasteiger partial charge in [0.25, 0.3) is 0 Å². The van der Waals surface area contributed by atoms with E-state index < -0.39 is 12.0 Å². The van der Waals surface area contributed by atoms with Gasteiger partial charge in [-0.05, 0) is 16.5 Å². The Balaban J connectivity index is 2.17. The van der Waals surface area contributed by atoms with Crippen LogP contribution in [0, 0.1) is 5.41 Å². The van der Waals surface area contributed by atoms with Crippen LogP contribution in [-0.4, -0.2) is 34.6 Å². The molecule has 1 atom stereocenters. The largest absolute Gasteiger partial charge is 0.480 e. The molecule has 1 aromatic carbocycles. The minimum absolute atomic E-state index is 0.0396. The molecule has 2 N–H and O–H groups in total. The van der Waals surface area contributed by atoms with Crippen LogP contribution in [0.25, 0.3) is 0 Å². The lowest BCUT2D eigenvalue weighted by atomic mass is 9.94. The molecule has 5 nitrogen and oxygen atoms in total. The lowest BCUT2D eigenvalue weighted by Gasteiger charge is -2.35. The number of carbonyl (C=O) groups is 2. The molecule has 0 radical (unpaired) electrons. The van der Waals surface area contributed by atoms with E-state index in [-0.39, 0.29) is 11.4 Å². The van der Waals surface area contributed by atoms with E-state index in [9.17, 15) is 14.7 Å². The Morgan fingerprint density at radius 2 is 1.90 bits per heavy atom. The normalized spacial score (nSPS) is 18.0. The fraction of sp³-hybridized carbons (Fsp3) is 0.500. The summed E-state index contributed by atoms with van der Waals surface area (Å²) in [6.07, 6.45) is 0.356. The summed E-state index contributed by atoms with van der Waals surface area (Å²) in [6.45, 7) is 6.91. The third kappa shape index (κ3) is 3.74. The van der Waals surface area contributed by atoms with Gasteiger partial charge in [0.05, 0.1) is 0 Å². The van der Waals surface area contributed by atoms with Gasteiger partial charge in [0.15, 0.2) is 0 Å². The maximum atomic E-state index is 12.3. The lowest BCUT2D eigenvalue weighted by molar-refractivity contribution is -0.142. The molecule has 1 unspecified atom stereocenters. The predicted molar refractivity (Wildman–Crippen MR) is 80.0 cm³/mol. The third-order valence-corrected chi connectivity index (χ3v) is 3.56.